The second kappa shape index (κ2) is 6.89. The van der Waals surface area contributed by atoms with E-state index in [-0.39, 0.29) is 11.6 Å². The van der Waals surface area contributed by atoms with Crippen LogP contribution in [0.4, 0.5) is 0 Å². The summed E-state index contributed by atoms with van der Waals surface area (Å²) in [5.74, 6) is -0.881. The zero-order valence-electron chi connectivity index (χ0n) is 13.5. The van der Waals surface area contributed by atoms with E-state index in [0.717, 1.165) is 5.56 Å². The fourth-order valence-corrected chi connectivity index (χ4v) is 2.58. The van der Waals surface area contributed by atoms with Crippen molar-refractivity contribution in [3.63, 3.8) is 0 Å². The third-order valence-electron chi connectivity index (χ3n) is 3.84. The van der Waals surface area contributed by atoms with Crippen molar-refractivity contribution in [2.75, 3.05) is 7.11 Å². The molecule has 25 heavy (non-hydrogen) atoms. The van der Waals surface area contributed by atoms with Crippen LogP contribution in [0.1, 0.15) is 32.0 Å². The lowest BCUT2D eigenvalue weighted by atomic mass is 10.2. The highest BCUT2D eigenvalue weighted by Crippen LogP contribution is 2.19. The summed E-state index contributed by atoms with van der Waals surface area (Å²) in [7, 11) is 1.28. The second-order valence-corrected chi connectivity index (χ2v) is 5.39. The number of fused-ring (bicyclic) bond motifs is 1. The van der Waals surface area contributed by atoms with Gasteiger partial charge in [-0.25, -0.2) is 4.79 Å². The fourth-order valence-electron chi connectivity index (χ4n) is 2.58. The van der Waals surface area contributed by atoms with Gasteiger partial charge in [-0.1, -0.05) is 30.3 Å². The Balaban J connectivity index is 1.98. The molecule has 0 aliphatic rings. The highest BCUT2D eigenvalue weighted by Gasteiger charge is 2.20. The van der Waals surface area contributed by atoms with E-state index in [1.165, 1.54) is 13.2 Å². The number of methoxy groups -OCH3 is 1. The van der Waals surface area contributed by atoms with Gasteiger partial charge >= 0.3 is 5.97 Å². The number of ether oxygens (including phenoxy) is 1. The number of amides is 1. The summed E-state index contributed by atoms with van der Waals surface area (Å²) in [4.78, 5) is 24.6. The molecular weight excluding hydrogens is 318 g/mol. The van der Waals surface area contributed by atoms with Crippen LogP contribution >= 0.6 is 0 Å². The molecule has 1 N–H and O–H groups in total. The Morgan fingerprint density at radius 1 is 1.20 bits per heavy atom. The van der Waals surface area contributed by atoms with Gasteiger partial charge in [0.2, 0.25) is 0 Å². The minimum atomic E-state index is -0.554. The molecule has 3 aromatic rings. The van der Waals surface area contributed by atoms with Crippen LogP contribution in [0, 0.1) is 11.3 Å². The molecule has 0 radical (unpaired) electrons. The van der Waals surface area contributed by atoms with Crippen molar-refractivity contribution in [2.45, 2.75) is 6.54 Å². The molecule has 0 saturated heterocycles. The van der Waals surface area contributed by atoms with Gasteiger partial charge in [0, 0.05) is 12.7 Å². The van der Waals surface area contributed by atoms with Crippen LogP contribution in [0.5, 0.6) is 0 Å². The van der Waals surface area contributed by atoms with E-state index < -0.39 is 5.97 Å². The average Bonchev–Trinajstić information content (AvgIpc) is 3.05. The summed E-state index contributed by atoms with van der Waals surface area (Å²) in [6.45, 7) is 0.364. The quantitative estimate of drug-likeness (QED) is 0.744. The summed E-state index contributed by atoms with van der Waals surface area (Å²) >= 11 is 0. The summed E-state index contributed by atoms with van der Waals surface area (Å²) in [5.41, 5.74) is 2.38. The number of hydrogen-bond donors (Lipinski definition) is 1. The summed E-state index contributed by atoms with van der Waals surface area (Å²) < 4.78 is 6.31. The Kier molecular flexibility index (Phi) is 4.48. The Morgan fingerprint density at radius 2 is 1.96 bits per heavy atom. The maximum absolute atomic E-state index is 12.6. The Bertz CT molecular complexity index is 984. The Morgan fingerprint density at radius 3 is 2.64 bits per heavy atom. The maximum Gasteiger partial charge on any atom is 0.355 e. The van der Waals surface area contributed by atoms with Gasteiger partial charge in [0.05, 0.1) is 29.8 Å². The number of carbonyl (C=O) groups is 2. The highest BCUT2D eigenvalue weighted by molar-refractivity contribution is 6.04. The maximum atomic E-state index is 12.6. The monoisotopic (exact) mass is 333 g/mol. The number of nitrogens with zero attached hydrogens (tertiary/aromatic N) is 2. The third kappa shape index (κ3) is 3.21. The molecule has 0 fully saturated rings. The number of pyridine rings is 1. The molecule has 3 rings (SSSR count). The van der Waals surface area contributed by atoms with Gasteiger partial charge in [0.25, 0.3) is 5.91 Å². The zero-order valence-corrected chi connectivity index (χ0v) is 13.5. The van der Waals surface area contributed by atoms with Crippen molar-refractivity contribution in [1.82, 2.24) is 9.72 Å². The van der Waals surface area contributed by atoms with E-state index in [2.05, 4.69) is 5.32 Å². The Labute approximate surface area is 144 Å². The van der Waals surface area contributed by atoms with Gasteiger partial charge in [-0.2, -0.15) is 5.26 Å². The predicted octanol–water partition coefficient (Wildman–Crippen LogP) is 2.53. The summed E-state index contributed by atoms with van der Waals surface area (Å²) in [6.07, 6.45) is 1.58. The standard InChI is InChI=1S/C19H15N3O3/c1-25-19(24)17-10-15(16-9-14(11-20)7-8-22(16)17)18(23)21-12-13-5-3-2-4-6-13/h2-10H,12H2,1H3,(H,21,23). The number of rotatable bonds is 4. The highest BCUT2D eigenvalue weighted by atomic mass is 16.5. The Hall–Kier alpha value is -3.59. The number of nitrogens with one attached hydrogen (secondary N) is 1. The van der Waals surface area contributed by atoms with Crippen molar-refractivity contribution in [2.24, 2.45) is 0 Å². The molecule has 124 valence electrons. The summed E-state index contributed by atoms with van der Waals surface area (Å²) in [5, 5.41) is 11.9. The number of carbonyl (C=O) groups excluding carboxylic acids is 2. The molecule has 1 aromatic carbocycles. The van der Waals surface area contributed by atoms with Crippen molar-refractivity contribution in [3.8, 4) is 6.07 Å². The van der Waals surface area contributed by atoms with Crippen molar-refractivity contribution in [3.05, 3.63) is 77.1 Å². The van der Waals surface area contributed by atoms with Gasteiger partial charge in [0.15, 0.2) is 0 Å². The van der Waals surface area contributed by atoms with Gasteiger partial charge in [0.1, 0.15) is 5.69 Å². The first-order valence-electron chi connectivity index (χ1n) is 7.59. The number of hydrogen-bond acceptors (Lipinski definition) is 4. The van der Waals surface area contributed by atoms with Crippen LogP contribution in [0.25, 0.3) is 5.52 Å². The predicted molar refractivity (Wildman–Crippen MR) is 91.1 cm³/mol. The molecule has 6 heteroatoms. The summed E-state index contributed by atoms with van der Waals surface area (Å²) in [6, 6.07) is 16.2. The first-order valence-corrected chi connectivity index (χ1v) is 7.59. The van der Waals surface area contributed by atoms with Gasteiger partial charge in [-0.05, 0) is 23.8 Å². The van der Waals surface area contributed by atoms with E-state index in [1.807, 2.05) is 36.4 Å². The van der Waals surface area contributed by atoms with Gasteiger partial charge < -0.3 is 14.5 Å². The molecule has 0 atom stereocenters. The molecule has 0 unspecified atom stereocenters. The van der Waals surface area contributed by atoms with Crippen LogP contribution in [0.15, 0.2) is 54.7 Å². The first-order chi connectivity index (χ1) is 12.1. The van der Waals surface area contributed by atoms with E-state index >= 15 is 0 Å². The smallest absolute Gasteiger partial charge is 0.355 e. The van der Waals surface area contributed by atoms with E-state index in [0.29, 0.717) is 23.2 Å². The molecule has 0 spiro atoms. The number of benzene rings is 1. The lowest BCUT2D eigenvalue weighted by Gasteiger charge is -2.05. The van der Waals surface area contributed by atoms with Gasteiger partial charge in [-0.15, -0.1) is 0 Å². The normalized spacial score (nSPS) is 10.2. The topological polar surface area (TPSA) is 83.6 Å². The second-order valence-electron chi connectivity index (χ2n) is 5.39. The largest absolute Gasteiger partial charge is 0.464 e. The lowest BCUT2D eigenvalue weighted by Crippen LogP contribution is -2.22. The first kappa shape index (κ1) is 16.3. The molecule has 6 nitrogen and oxygen atoms in total. The molecule has 0 aliphatic heterocycles. The minimum absolute atomic E-state index is 0.229. The lowest BCUT2D eigenvalue weighted by molar-refractivity contribution is 0.0593. The molecule has 2 aromatic heterocycles. The number of aromatic nitrogens is 1. The molecule has 0 bridgehead atoms. The molecule has 0 saturated carbocycles. The molecular formula is C19H15N3O3. The third-order valence-corrected chi connectivity index (χ3v) is 3.84. The number of nitriles is 1. The van der Waals surface area contributed by atoms with E-state index in [4.69, 9.17) is 10.00 Å². The molecule has 1 amide bonds. The van der Waals surface area contributed by atoms with Crippen molar-refractivity contribution >= 4 is 17.4 Å². The fraction of sp³-hybridized carbons (Fsp3) is 0.105. The average molecular weight is 333 g/mol. The van der Waals surface area contributed by atoms with Crippen LogP contribution in [0.2, 0.25) is 0 Å². The number of esters is 1. The van der Waals surface area contributed by atoms with Crippen LogP contribution < -0.4 is 5.32 Å². The van der Waals surface area contributed by atoms with E-state index in [1.54, 1.807) is 22.7 Å². The van der Waals surface area contributed by atoms with Crippen LogP contribution in [-0.2, 0) is 11.3 Å². The van der Waals surface area contributed by atoms with Gasteiger partial charge in [-0.3, -0.25) is 4.79 Å². The van der Waals surface area contributed by atoms with Crippen LogP contribution in [-0.4, -0.2) is 23.4 Å². The van der Waals surface area contributed by atoms with Crippen molar-refractivity contribution in [1.29, 1.82) is 5.26 Å². The SMILES string of the molecule is COC(=O)c1cc(C(=O)NCc2ccccc2)c2cc(C#N)ccn12. The van der Waals surface area contributed by atoms with Crippen molar-refractivity contribution < 1.29 is 14.3 Å². The minimum Gasteiger partial charge on any atom is -0.464 e. The van der Waals surface area contributed by atoms with E-state index in [9.17, 15) is 9.59 Å². The van der Waals surface area contributed by atoms with Crippen LogP contribution in [0.3, 0.4) is 0 Å². The molecule has 0 aliphatic carbocycles. The zero-order chi connectivity index (χ0) is 17.8. The molecule has 2 heterocycles.